The number of benzene rings is 2. The average Bonchev–Trinajstić information content (AvgIpc) is 3.12. The molecule has 1 aliphatic heterocycles. The molecule has 1 saturated carbocycles. The summed E-state index contributed by atoms with van der Waals surface area (Å²) in [7, 11) is 0. The number of carboxylic acids is 1. The molecule has 3 atom stereocenters. The van der Waals surface area contributed by atoms with Crippen LogP contribution in [0.3, 0.4) is 0 Å². The fourth-order valence-corrected chi connectivity index (χ4v) is 5.48. The minimum atomic E-state index is -0.774. The maximum atomic E-state index is 10.7. The monoisotopic (exact) mass is 507 g/mol. The summed E-state index contributed by atoms with van der Waals surface area (Å²) in [6, 6.07) is 16.8. The Morgan fingerprint density at radius 1 is 0.865 bits per heavy atom. The van der Waals surface area contributed by atoms with Crippen LogP contribution in [0.5, 0.6) is 0 Å². The van der Waals surface area contributed by atoms with Crippen LogP contribution in [0.1, 0.15) is 62.5 Å². The lowest BCUT2D eigenvalue weighted by atomic mass is 10.0. The molecule has 1 heterocycles. The molecule has 1 aliphatic carbocycles. The summed E-state index contributed by atoms with van der Waals surface area (Å²) in [6.45, 7) is 3.36. The van der Waals surface area contributed by atoms with Crippen LogP contribution >= 0.6 is 0 Å². The Morgan fingerprint density at radius 2 is 1.51 bits per heavy atom. The third-order valence-electron chi connectivity index (χ3n) is 7.57. The van der Waals surface area contributed by atoms with E-state index >= 15 is 0 Å². The summed E-state index contributed by atoms with van der Waals surface area (Å²) in [5, 5.41) is 18.1. The van der Waals surface area contributed by atoms with Gasteiger partial charge in [-0.25, -0.2) is 0 Å². The minimum absolute atomic E-state index is 0.0199. The van der Waals surface area contributed by atoms with Gasteiger partial charge in [-0.05, 0) is 67.4 Å². The van der Waals surface area contributed by atoms with E-state index in [4.69, 9.17) is 14.6 Å². The Kier molecular flexibility index (Phi) is 10.7. The van der Waals surface area contributed by atoms with Crippen molar-refractivity contribution in [3.8, 4) is 11.1 Å². The molecule has 2 aromatic rings. The maximum Gasteiger partial charge on any atom is 0.303 e. The SMILES string of the molecule is O=C(O)CC/C=C\CO[C@H]1[C@@H](OCc2ccc(-c3ccc(CO)cc3)cc2)CC[C@@H]1N1CCCCCC1. The van der Waals surface area contributed by atoms with Crippen LogP contribution in [0, 0.1) is 0 Å². The summed E-state index contributed by atoms with van der Waals surface area (Å²) in [5.74, 6) is -0.774. The van der Waals surface area contributed by atoms with Gasteiger partial charge in [0.15, 0.2) is 0 Å². The lowest BCUT2D eigenvalue weighted by Crippen LogP contribution is -2.45. The van der Waals surface area contributed by atoms with Gasteiger partial charge in [-0.1, -0.05) is 73.5 Å². The van der Waals surface area contributed by atoms with Crippen LogP contribution in [0.2, 0.25) is 0 Å². The van der Waals surface area contributed by atoms with Gasteiger partial charge >= 0.3 is 5.97 Å². The van der Waals surface area contributed by atoms with E-state index in [-0.39, 0.29) is 25.2 Å². The number of nitrogens with zero attached hydrogens (tertiary/aromatic N) is 1. The topological polar surface area (TPSA) is 79.2 Å². The molecule has 37 heavy (non-hydrogen) atoms. The largest absolute Gasteiger partial charge is 0.481 e. The fourth-order valence-electron chi connectivity index (χ4n) is 5.48. The smallest absolute Gasteiger partial charge is 0.303 e. The van der Waals surface area contributed by atoms with E-state index in [0.29, 0.717) is 25.7 Å². The highest BCUT2D eigenvalue weighted by atomic mass is 16.5. The van der Waals surface area contributed by atoms with Gasteiger partial charge in [0, 0.05) is 12.5 Å². The molecule has 0 aromatic heterocycles. The molecule has 6 heteroatoms. The van der Waals surface area contributed by atoms with Crippen LogP contribution in [-0.4, -0.2) is 59.0 Å². The highest BCUT2D eigenvalue weighted by Crippen LogP contribution is 2.32. The van der Waals surface area contributed by atoms with Crippen LogP contribution in [0.25, 0.3) is 11.1 Å². The van der Waals surface area contributed by atoms with Crippen molar-refractivity contribution in [1.29, 1.82) is 0 Å². The van der Waals surface area contributed by atoms with Gasteiger partial charge in [-0.15, -0.1) is 0 Å². The van der Waals surface area contributed by atoms with Gasteiger partial charge in [-0.2, -0.15) is 0 Å². The Morgan fingerprint density at radius 3 is 2.14 bits per heavy atom. The average molecular weight is 508 g/mol. The molecule has 1 saturated heterocycles. The molecule has 4 rings (SSSR count). The van der Waals surface area contributed by atoms with E-state index in [0.717, 1.165) is 48.2 Å². The highest BCUT2D eigenvalue weighted by molar-refractivity contribution is 5.66. The normalized spacial score (nSPS) is 22.9. The molecule has 0 spiro atoms. The number of allylic oxidation sites excluding steroid dienone is 1. The van der Waals surface area contributed by atoms with Crippen LogP contribution < -0.4 is 0 Å². The van der Waals surface area contributed by atoms with Gasteiger partial charge in [0.25, 0.3) is 0 Å². The zero-order valence-electron chi connectivity index (χ0n) is 21.8. The molecular weight excluding hydrogens is 466 g/mol. The number of aliphatic hydroxyl groups excluding tert-OH is 1. The molecule has 0 radical (unpaired) electrons. The Hall–Kier alpha value is -2.51. The number of aliphatic carboxylic acids is 1. The summed E-state index contributed by atoms with van der Waals surface area (Å²) in [5.41, 5.74) is 4.33. The molecular formula is C31H41NO5. The zero-order chi connectivity index (χ0) is 25.9. The number of rotatable bonds is 12. The fraction of sp³-hybridized carbons (Fsp3) is 0.516. The minimum Gasteiger partial charge on any atom is -0.481 e. The van der Waals surface area contributed by atoms with Crippen molar-refractivity contribution < 1.29 is 24.5 Å². The number of carboxylic acid groups (broad SMARTS) is 1. The Bertz CT molecular complexity index is 980. The van der Waals surface area contributed by atoms with Crippen molar-refractivity contribution in [1.82, 2.24) is 4.90 Å². The lowest BCUT2D eigenvalue weighted by molar-refractivity contribution is -0.136. The number of likely N-dealkylation sites (tertiary alicyclic amines) is 1. The standard InChI is InChI=1S/C31H41NO5/c33-22-24-9-13-26(14-10-24)27-15-11-25(12-16-27)23-37-29-18-17-28(32-19-5-1-2-6-20-32)31(29)36-21-7-3-4-8-30(34)35/h3,7,9-16,28-29,31,33H,1-2,4-6,8,17-23H2,(H,34,35)/b7-3-/t28-,29-,31+/m0/s1. The first-order chi connectivity index (χ1) is 18.1. The summed E-state index contributed by atoms with van der Waals surface area (Å²) >= 11 is 0. The number of ether oxygens (including phenoxy) is 2. The maximum absolute atomic E-state index is 10.7. The molecule has 200 valence electrons. The van der Waals surface area contributed by atoms with E-state index in [9.17, 15) is 9.90 Å². The molecule has 2 aliphatic rings. The van der Waals surface area contributed by atoms with Crippen molar-refractivity contribution in [2.45, 2.75) is 82.8 Å². The second-order valence-corrected chi connectivity index (χ2v) is 10.2. The predicted octanol–water partition coefficient (Wildman–Crippen LogP) is 5.58. The number of hydrogen-bond donors (Lipinski definition) is 2. The Balaban J connectivity index is 1.35. The number of carbonyl (C=O) groups is 1. The third kappa shape index (κ3) is 8.24. The van der Waals surface area contributed by atoms with E-state index in [1.165, 1.54) is 25.7 Å². The molecule has 0 bridgehead atoms. The second kappa shape index (κ2) is 14.4. The quantitative estimate of drug-likeness (QED) is 0.366. The lowest BCUT2D eigenvalue weighted by Gasteiger charge is -2.33. The van der Waals surface area contributed by atoms with Crippen molar-refractivity contribution in [3.63, 3.8) is 0 Å². The molecule has 2 N–H and O–H groups in total. The van der Waals surface area contributed by atoms with Gasteiger partial charge in [0.1, 0.15) is 0 Å². The van der Waals surface area contributed by atoms with Gasteiger partial charge in [-0.3, -0.25) is 9.69 Å². The van der Waals surface area contributed by atoms with Crippen LogP contribution in [-0.2, 0) is 27.5 Å². The van der Waals surface area contributed by atoms with Crippen molar-refractivity contribution in [3.05, 3.63) is 71.8 Å². The highest BCUT2D eigenvalue weighted by Gasteiger charge is 2.40. The van der Waals surface area contributed by atoms with E-state index in [2.05, 4.69) is 29.2 Å². The summed E-state index contributed by atoms with van der Waals surface area (Å²) < 4.78 is 12.9. The summed E-state index contributed by atoms with van der Waals surface area (Å²) in [6.07, 6.45) is 11.8. The molecule has 0 amide bonds. The molecule has 2 aromatic carbocycles. The first-order valence-corrected chi connectivity index (χ1v) is 13.8. The van der Waals surface area contributed by atoms with Crippen LogP contribution in [0.4, 0.5) is 0 Å². The summed E-state index contributed by atoms with van der Waals surface area (Å²) in [4.78, 5) is 13.4. The number of hydrogen-bond acceptors (Lipinski definition) is 5. The first kappa shape index (κ1) is 27.5. The van der Waals surface area contributed by atoms with Crippen LogP contribution in [0.15, 0.2) is 60.7 Å². The van der Waals surface area contributed by atoms with Crippen molar-refractivity contribution in [2.75, 3.05) is 19.7 Å². The van der Waals surface area contributed by atoms with Gasteiger partial charge < -0.3 is 19.7 Å². The molecule has 6 nitrogen and oxygen atoms in total. The second-order valence-electron chi connectivity index (χ2n) is 10.2. The first-order valence-electron chi connectivity index (χ1n) is 13.8. The van der Waals surface area contributed by atoms with E-state index in [1.807, 2.05) is 36.4 Å². The van der Waals surface area contributed by atoms with Gasteiger partial charge in [0.05, 0.1) is 32.0 Å². The third-order valence-corrected chi connectivity index (χ3v) is 7.57. The van der Waals surface area contributed by atoms with Crippen molar-refractivity contribution in [2.24, 2.45) is 0 Å². The van der Waals surface area contributed by atoms with Crippen molar-refractivity contribution >= 4 is 5.97 Å². The zero-order valence-corrected chi connectivity index (χ0v) is 21.8. The van der Waals surface area contributed by atoms with Gasteiger partial charge in [0.2, 0.25) is 0 Å². The molecule has 0 unspecified atom stereocenters. The predicted molar refractivity (Wildman–Crippen MR) is 145 cm³/mol. The molecule has 2 fully saturated rings. The Labute approximate surface area is 220 Å². The number of aliphatic hydroxyl groups is 1. The van der Waals surface area contributed by atoms with E-state index < -0.39 is 5.97 Å². The van der Waals surface area contributed by atoms with E-state index in [1.54, 1.807) is 0 Å².